The van der Waals surface area contributed by atoms with Crippen molar-refractivity contribution in [3.05, 3.63) is 24.4 Å². The first-order valence-electron chi connectivity index (χ1n) is 5.57. The molecule has 1 aromatic heterocycles. The van der Waals surface area contributed by atoms with Crippen LogP contribution in [0.4, 0.5) is 5.82 Å². The molecule has 3 nitrogen and oxygen atoms in total. The van der Waals surface area contributed by atoms with Gasteiger partial charge < -0.3 is 0 Å². The van der Waals surface area contributed by atoms with Gasteiger partial charge in [-0.1, -0.05) is 13.0 Å². The summed E-state index contributed by atoms with van der Waals surface area (Å²) in [6, 6.07) is 5.79. The maximum atomic E-state index is 4.41. The van der Waals surface area contributed by atoms with Crippen LogP contribution in [0.3, 0.4) is 0 Å². The van der Waals surface area contributed by atoms with Crippen molar-refractivity contribution in [1.82, 2.24) is 4.98 Å². The number of pyridine rings is 1. The van der Waals surface area contributed by atoms with Gasteiger partial charge in [-0.25, -0.2) is 4.98 Å². The number of nitrogens with one attached hydrogen (secondary N) is 1. The Morgan fingerprint density at radius 1 is 1.47 bits per heavy atom. The van der Waals surface area contributed by atoms with Gasteiger partial charge in [-0.2, -0.15) is 5.10 Å². The lowest BCUT2D eigenvalue weighted by Gasteiger charge is -2.18. The van der Waals surface area contributed by atoms with Crippen LogP contribution in [0, 0.1) is 5.92 Å². The molecule has 0 spiro atoms. The summed E-state index contributed by atoms with van der Waals surface area (Å²) in [6.45, 7) is 2.29. The summed E-state index contributed by atoms with van der Waals surface area (Å²) in [6.07, 6.45) is 6.63. The summed E-state index contributed by atoms with van der Waals surface area (Å²) >= 11 is 0. The minimum Gasteiger partial charge on any atom is -0.261 e. The third-order valence-electron chi connectivity index (χ3n) is 2.74. The van der Waals surface area contributed by atoms with Crippen molar-refractivity contribution in [1.29, 1.82) is 0 Å². The highest BCUT2D eigenvalue weighted by atomic mass is 15.3. The number of hydrogen-bond donors (Lipinski definition) is 1. The lowest BCUT2D eigenvalue weighted by atomic mass is 9.89. The van der Waals surface area contributed by atoms with E-state index >= 15 is 0 Å². The molecule has 0 unspecified atom stereocenters. The molecule has 15 heavy (non-hydrogen) atoms. The zero-order valence-corrected chi connectivity index (χ0v) is 9.11. The molecule has 1 saturated carbocycles. The number of nitrogens with zero attached hydrogens (tertiary/aromatic N) is 2. The molecule has 0 amide bonds. The maximum absolute atomic E-state index is 4.41. The van der Waals surface area contributed by atoms with E-state index in [4.69, 9.17) is 0 Å². The topological polar surface area (TPSA) is 37.3 Å². The van der Waals surface area contributed by atoms with Gasteiger partial charge in [-0.05, 0) is 43.7 Å². The molecule has 80 valence electrons. The molecule has 1 N–H and O–H groups in total. The number of rotatable bonds is 2. The minimum absolute atomic E-state index is 0.781. The molecular formula is C12H17N3. The predicted molar refractivity (Wildman–Crippen MR) is 62.9 cm³/mol. The van der Waals surface area contributed by atoms with E-state index in [0.717, 1.165) is 24.6 Å². The Balaban J connectivity index is 1.93. The van der Waals surface area contributed by atoms with Crippen LogP contribution in [0.15, 0.2) is 29.5 Å². The molecule has 1 heterocycles. The Morgan fingerprint density at radius 3 is 3.13 bits per heavy atom. The van der Waals surface area contributed by atoms with Crippen LogP contribution in [-0.4, -0.2) is 10.7 Å². The van der Waals surface area contributed by atoms with Crippen molar-refractivity contribution in [2.45, 2.75) is 32.6 Å². The summed E-state index contributed by atoms with van der Waals surface area (Å²) in [4.78, 5) is 4.16. The summed E-state index contributed by atoms with van der Waals surface area (Å²) in [5.41, 5.74) is 4.29. The molecule has 1 aliphatic carbocycles. The van der Waals surface area contributed by atoms with Crippen LogP contribution in [0.2, 0.25) is 0 Å². The van der Waals surface area contributed by atoms with E-state index < -0.39 is 0 Å². The second-order valence-corrected chi connectivity index (χ2v) is 4.21. The summed E-state index contributed by atoms with van der Waals surface area (Å²) in [7, 11) is 0. The molecule has 1 aromatic rings. The Kier molecular flexibility index (Phi) is 3.33. The highest BCUT2D eigenvalue weighted by molar-refractivity contribution is 5.85. The molecule has 3 heteroatoms. The van der Waals surface area contributed by atoms with Gasteiger partial charge in [-0.15, -0.1) is 0 Å². The maximum Gasteiger partial charge on any atom is 0.146 e. The molecular weight excluding hydrogens is 186 g/mol. The highest BCUT2D eigenvalue weighted by Gasteiger charge is 2.13. The SMILES string of the molecule is C[C@H]1CCC/C(=N/Nc2ccccn2)C1. The fourth-order valence-corrected chi connectivity index (χ4v) is 1.93. The smallest absolute Gasteiger partial charge is 0.146 e. The van der Waals surface area contributed by atoms with Gasteiger partial charge in [-0.3, -0.25) is 5.43 Å². The molecule has 0 aromatic carbocycles. The second kappa shape index (κ2) is 4.91. The van der Waals surface area contributed by atoms with Gasteiger partial charge in [0.2, 0.25) is 0 Å². The number of aromatic nitrogens is 1. The highest BCUT2D eigenvalue weighted by Crippen LogP contribution is 2.21. The first kappa shape index (κ1) is 10.1. The first-order chi connectivity index (χ1) is 7.34. The average Bonchev–Trinajstić information content (AvgIpc) is 2.28. The second-order valence-electron chi connectivity index (χ2n) is 4.21. The van der Waals surface area contributed by atoms with E-state index in [2.05, 4.69) is 22.4 Å². The lowest BCUT2D eigenvalue weighted by molar-refractivity contribution is 0.500. The van der Waals surface area contributed by atoms with Gasteiger partial charge in [0.1, 0.15) is 5.82 Å². The van der Waals surface area contributed by atoms with Crippen LogP contribution in [0.5, 0.6) is 0 Å². The molecule has 2 rings (SSSR count). The molecule has 1 fully saturated rings. The van der Waals surface area contributed by atoms with Gasteiger partial charge in [0.05, 0.1) is 0 Å². The molecule has 0 saturated heterocycles. The van der Waals surface area contributed by atoms with E-state index in [1.807, 2.05) is 18.2 Å². The summed E-state index contributed by atoms with van der Waals surface area (Å²) in [5, 5.41) is 4.41. The minimum atomic E-state index is 0.781. The molecule has 0 radical (unpaired) electrons. The van der Waals surface area contributed by atoms with Gasteiger partial charge in [0.15, 0.2) is 0 Å². The molecule has 0 aliphatic heterocycles. The quantitative estimate of drug-likeness (QED) is 0.750. The van der Waals surface area contributed by atoms with Crippen molar-refractivity contribution in [3.63, 3.8) is 0 Å². The van der Waals surface area contributed by atoms with Gasteiger partial charge in [0, 0.05) is 11.9 Å². The predicted octanol–water partition coefficient (Wildman–Crippen LogP) is 3.06. The van der Waals surface area contributed by atoms with Crippen LogP contribution >= 0.6 is 0 Å². The van der Waals surface area contributed by atoms with Crippen molar-refractivity contribution >= 4 is 11.5 Å². The lowest BCUT2D eigenvalue weighted by Crippen LogP contribution is -2.14. The Labute approximate surface area is 90.6 Å². The third-order valence-corrected chi connectivity index (χ3v) is 2.74. The number of hydrogen-bond acceptors (Lipinski definition) is 3. The Morgan fingerprint density at radius 2 is 2.40 bits per heavy atom. The van der Waals surface area contributed by atoms with Crippen LogP contribution < -0.4 is 5.43 Å². The summed E-state index contributed by atoms with van der Waals surface area (Å²) in [5.74, 6) is 1.60. The zero-order valence-electron chi connectivity index (χ0n) is 9.11. The van der Waals surface area contributed by atoms with E-state index in [1.165, 1.54) is 18.6 Å². The summed E-state index contributed by atoms with van der Waals surface area (Å²) < 4.78 is 0. The third kappa shape index (κ3) is 3.05. The fourth-order valence-electron chi connectivity index (χ4n) is 1.93. The molecule has 0 bridgehead atoms. The Hall–Kier alpha value is -1.38. The van der Waals surface area contributed by atoms with Crippen LogP contribution in [0.25, 0.3) is 0 Å². The molecule has 1 aliphatic rings. The number of anilines is 1. The molecule has 1 atom stereocenters. The van der Waals surface area contributed by atoms with Crippen molar-refractivity contribution < 1.29 is 0 Å². The largest absolute Gasteiger partial charge is 0.261 e. The average molecular weight is 203 g/mol. The number of hydrazone groups is 1. The van der Waals surface area contributed by atoms with E-state index in [1.54, 1.807) is 6.20 Å². The fraction of sp³-hybridized carbons (Fsp3) is 0.500. The Bertz CT molecular complexity index is 332. The van der Waals surface area contributed by atoms with E-state index in [-0.39, 0.29) is 0 Å². The normalized spacial score (nSPS) is 24.1. The van der Waals surface area contributed by atoms with E-state index in [9.17, 15) is 0 Å². The monoisotopic (exact) mass is 203 g/mol. The van der Waals surface area contributed by atoms with Crippen molar-refractivity contribution in [2.24, 2.45) is 11.0 Å². The first-order valence-corrected chi connectivity index (χ1v) is 5.57. The van der Waals surface area contributed by atoms with Crippen LogP contribution in [-0.2, 0) is 0 Å². The standard InChI is InChI=1S/C12H17N3/c1-10-5-4-6-11(9-10)14-15-12-7-2-3-8-13-12/h2-3,7-8,10H,4-6,9H2,1H3,(H,13,15)/b14-11-/t10-/m0/s1. The van der Waals surface area contributed by atoms with E-state index in [0.29, 0.717) is 0 Å². The zero-order chi connectivity index (χ0) is 10.5. The van der Waals surface area contributed by atoms with Crippen LogP contribution in [0.1, 0.15) is 32.6 Å². The van der Waals surface area contributed by atoms with Crippen molar-refractivity contribution in [3.8, 4) is 0 Å². The van der Waals surface area contributed by atoms with Gasteiger partial charge in [0.25, 0.3) is 0 Å². The van der Waals surface area contributed by atoms with Gasteiger partial charge >= 0.3 is 0 Å². The van der Waals surface area contributed by atoms with Crippen molar-refractivity contribution in [2.75, 3.05) is 5.43 Å².